The molecule has 0 amide bonds. The second kappa shape index (κ2) is 7.25. The number of hydrogen-bond acceptors (Lipinski definition) is 6. The third-order valence-corrected chi connectivity index (χ3v) is 3.05. The Bertz CT molecular complexity index is 394. The second-order valence-electron chi connectivity index (χ2n) is 4.70. The van der Waals surface area contributed by atoms with Crippen LogP contribution in [-0.2, 0) is 16.1 Å². The van der Waals surface area contributed by atoms with Gasteiger partial charge in [-0.3, -0.25) is 0 Å². The van der Waals surface area contributed by atoms with E-state index in [9.17, 15) is 0 Å². The highest BCUT2D eigenvalue weighted by atomic mass is 16.5. The molecule has 106 valence electrons. The highest BCUT2D eigenvalue weighted by Gasteiger charge is 2.14. The van der Waals surface area contributed by atoms with Crippen LogP contribution in [0.15, 0.2) is 6.07 Å². The summed E-state index contributed by atoms with van der Waals surface area (Å²) in [4.78, 5) is 8.53. The van der Waals surface area contributed by atoms with E-state index in [1.165, 1.54) is 6.42 Å². The average Bonchev–Trinajstić information content (AvgIpc) is 2.43. The molecule has 1 aliphatic rings. The lowest BCUT2D eigenvalue weighted by molar-refractivity contribution is 0.0594. The van der Waals surface area contributed by atoms with Crippen LogP contribution in [0.25, 0.3) is 0 Å². The Morgan fingerprint density at radius 2 is 2.42 bits per heavy atom. The van der Waals surface area contributed by atoms with Crippen LogP contribution in [-0.4, -0.2) is 36.3 Å². The molecule has 19 heavy (non-hydrogen) atoms. The van der Waals surface area contributed by atoms with Gasteiger partial charge in [0.15, 0.2) is 5.82 Å². The predicted octanol–water partition coefficient (Wildman–Crippen LogP) is 1.43. The molecule has 1 saturated heterocycles. The molecular weight excluding hydrogens is 244 g/mol. The Hall–Kier alpha value is -1.40. The summed E-state index contributed by atoms with van der Waals surface area (Å²) in [6.45, 7) is 5.52. The molecule has 0 aromatic carbocycles. The van der Waals surface area contributed by atoms with Gasteiger partial charge < -0.3 is 20.5 Å². The summed E-state index contributed by atoms with van der Waals surface area (Å²) in [7, 11) is 0. The summed E-state index contributed by atoms with van der Waals surface area (Å²) in [5.41, 5.74) is 5.77. The van der Waals surface area contributed by atoms with Crippen molar-refractivity contribution in [3.05, 3.63) is 11.9 Å². The number of rotatable bonds is 6. The first-order valence-corrected chi connectivity index (χ1v) is 6.80. The predicted molar refractivity (Wildman–Crippen MR) is 73.8 cm³/mol. The molecule has 6 heteroatoms. The molecule has 1 unspecified atom stereocenters. The normalized spacial score (nSPS) is 19.3. The third-order valence-electron chi connectivity index (χ3n) is 3.05. The van der Waals surface area contributed by atoms with Crippen molar-refractivity contribution in [3.8, 4) is 0 Å². The van der Waals surface area contributed by atoms with Gasteiger partial charge in [-0.1, -0.05) is 0 Å². The lowest BCUT2D eigenvalue weighted by Gasteiger charge is -2.22. The van der Waals surface area contributed by atoms with Crippen LogP contribution < -0.4 is 11.1 Å². The van der Waals surface area contributed by atoms with Crippen molar-refractivity contribution in [2.75, 3.05) is 37.4 Å². The van der Waals surface area contributed by atoms with E-state index in [0.717, 1.165) is 32.0 Å². The Labute approximate surface area is 113 Å². The molecule has 0 bridgehead atoms. The molecule has 0 radical (unpaired) electrons. The van der Waals surface area contributed by atoms with E-state index in [1.807, 2.05) is 6.92 Å². The number of nitrogens with two attached hydrogens (primary N) is 1. The molecule has 2 rings (SSSR count). The van der Waals surface area contributed by atoms with Gasteiger partial charge in [0.1, 0.15) is 18.2 Å². The Morgan fingerprint density at radius 1 is 1.53 bits per heavy atom. The van der Waals surface area contributed by atoms with Crippen LogP contribution in [0.1, 0.15) is 25.6 Å². The van der Waals surface area contributed by atoms with Crippen molar-refractivity contribution < 1.29 is 9.47 Å². The van der Waals surface area contributed by atoms with E-state index in [2.05, 4.69) is 15.3 Å². The minimum absolute atomic E-state index is 0.392. The third kappa shape index (κ3) is 4.65. The average molecular weight is 266 g/mol. The molecule has 1 aromatic heterocycles. The standard InChI is InChI=1S/C13H22N4O2/c1-2-18-9-13-16-11(14)6-12(17-13)15-7-10-4-3-5-19-8-10/h6,10H,2-5,7-9H2,1H3,(H3,14,15,16,17). The number of ether oxygens (including phenoxy) is 2. The summed E-state index contributed by atoms with van der Waals surface area (Å²) in [6.07, 6.45) is 2.33. The molecule has 0 spiro atoms. The van der Waals surface area contributed by atoms with Gasteiger partial charge in [0, 0.05) is 25.8 Å². The minimum atomic E-state index is 0.392. The smallest absolute Gasteiger partial charge is 0.158 e. The molecule has 3 N–H and O–H groups in total. The number of anilines is 2. The number of aromatic nitrogens is 2. The summed E-state index contributed by atoms with van der Waals surface area (Å²) in [5.74, 6) is 2.38. The van der Waals surface area contributed by atoms with Crippen molar-refractivity contribution in [2.24, 2.45) is 5.92 Å². The largest absolute Gasteiger partial charge is 0.384 e. The molecule has 1 aliphatic heterocycles. The van der Waals surface area contributed by atoms with Crippen molar-refractivity contribution in [3.63, 3.8) is 0 Å². The topological polar surface area (TPSA) is 82.3 Å². The van der Waals surface area contributed by atoms with Crippen LogP contribution in [0.3, 0.4) is 0 Å². The maximum Gasteiger partial charge on any atom is 0.158 e. The Kier molecular flexibility index (Phi) is 5.35. The van der Waals surface area contributed by atoms with Crippen LogP contribution in [0, 0.1) is 5.92 Å². The van der Waals surface area contributed by atoms with Gasteiger partial charge in [0.2, 0.25) is 0 Å². The fraction of sp³-hybridized carbons (Fsp3) is 0.692. The number of nitrogens with one attached hydrogen (secondary N) is 1. The quantitative estimate of drug-likeness (QED) is 0.810. The van der Waals surface area contributed by atoms with Gasteiger partial charge in [0.05, 0.1) is 6.61 Å². The summed E-state index contributed by atoms with van der Waals surface area (Å²) in [6, 6.07) is 1.75. The molecule has 1 atom stereocenters. The second-order valence-corrected chi connectivity index (χ2v) is 4.70. The molecular formula is C13H22N4O2. The lowest BCUT2D eigenvalue weighted by Crippen LogP contribution is -2.24. The van der Waals surface area contributed by atoms with Crippen LogP contribution in [0.2, 0.25) is 0 Å². The van der Waals surface area contributed by atoms with Crippen molar-refractivity contribution in [1.82, 2.24) is 9.97 Å². The van der Waals surface area contributed by atoms with Gasteiger partial charge in [-0.15, -0.1) is 0 Å². The molecule has 1 fully saturated rings. The van der Waals surface area contributed by atoms with E-state index < -0.39 is 0 Å². The minimum Gasteiger partial charge on any atom is -0.384 e. The van der Waals surface area contributed by atoms with Gasteiger partial charge in [0.25, 0.3) is 0 Å². The zero-order valence-corrected chi connectivity index (χ0v) is 11.4. The zero-order valence-electron chi connectivity index (χ0n) is 11.4. The number of hydrogen-bond donors (Lipinski definition) is 2. The van der Waals surface area contributed by atoms with Gasteiger partial charge in [-0.05, 0) is 25.7 Å². The fourth-order valence-corrected chi connectivity index (χ4v) is 2.08. The molecule has 0 aliphatic carbocycles. The van der Waals surface area contributed by atoms with Crippen LogP contribution in [0.5, 0.6) is 0 Å². The summed E-state index contributed by atoms with van der Waals surface area (Å²) >= 11 is 0. The van der Waals surface area contributed by atoms with E-state index in [1.54, 1.807) is 6.07 Å². The first-order chi connectivity index (χ1) is 9.28. The summed E-state index contributed by atoms with van der Waals surface area (Å²) < 4.78 is 10.7. The number of nitrogen functional groups attached to an aromatic ring is 1. The Balaban J connectivity index is 1.89. The Morgan fingerprint density at radius 3 is 3.16 bits per heavy atom. The lowest BCUT2D eigenvalue weighted by atomic mass is 10.0. The highest BCUT2D eigenvalue weighted by molar-refractivity contribution is 5.44. The van der Waals surface area contributed by atoms with E-state index in [-0.39, 0.29) is 0 Å². The van der Waals surface area contributed by atoms with Crippen molar-refractivity contribution in [2.45, 2.75) is 26.4 Å². The zero-order chi connectivity index (χ0) is 13.5. The maximum atomic E-state index is 5.77. The number of nitrogens with zero attached hydrogens (tertiary/aromatic N) is 2. The van der Waals surface area contributed by atoms with Crippen LogP contribution >= 0.6 is 0 Å². The van der Waals surface area contributed by atoms with E-state index >= 15 is 0 Å². The first-order valence-electron chi connectivity index (χ1n) is 6.80. The van der Waals surface area contributed by atoms with Gasteiger partial charge in [-0.25, -0.2) is 9.97 Å². The van der Waals surface area contributed by atoms with E-state index in [4.69, 9.17) is 15.2 Å². The molecule has 2 heterocycles. The molecule has 1 aromatic rings. The SMILES string of the molecule is CCOCc1nc(N)cc(NCC2CCCOC2)n1. The highest BCUT2D eigenvalue weighted by Crippen LogP contribution is 2.15. The molecule has 6 nitrogen and oxygen atoms in total. The van der Waals surface area contributed by atoms with Gasteiger partial charge in [-0.2, -0.15) is 0 Å². The van der Waals surface area contributed by atoms with Crippen molar-refractivity contribution >= 4 is 11.6 Å². The van der Waals surface area contributed by atoms with Crippen LogP contribution in [0.4, 0.5) is 11.6 Å². The molecule has 0 saturated carbocycles. The first kappa shape index (κ1) is 14.0. The van der Waals surface area contributed by atoms with Crippen molar-refractivity contribution in [1.29, 1.82) is 0 Å². The van der Waals surface area contributed by atoms with Gasteiger partial charge >= 0.3 is 0 Å². The fourth-order valence-electron chi connectivity index (χ4n) is 2.08. The monoisotopic (exact) mass is 266 g/mol. The van der Waals surface area contributed by atoms with E-state index in [0.29, 0.717) is 30.8 Å². The summed E-state index contributed by atoms with van der Waals surface area (Å²) in [5, 5.41) is 3.31. The maximum absolute atomic E-state index is 5.77.